The summed E-state index contributed by atoms with van der Waals surface area (Å²) in [7, 11) is 0. The zero-order chi connectivity index (χ0) is 12.8. The van der Waals surface area contributed by atoms with E-state index in [9.17, 15) is 4.79 Å². The first-order valence-electron chi connectivity index (χ1n) is 6.76. The molecule has 2 aliphatic rings. The summed E-state index contributed by atoms with van der Waals surface area (Å²) in [4.78, 5) is 14.5. The van der Waals surface area contributed by atoms with Gasteiger partial charge >= 0.3 is 0 Å². The van der Waals surface area contributed by atoms with E-state index < -0.39 is 5.41 Å². The Morgan fingerprint density at radius 2 is 1.94 bits per heavy atom. The van der Waals surface area contributed by atoms with Crippen molar-refractivity contribution in [2.24, 2.45) is 0 Å². The molecule has 3 heteroatoms. The molecule has 1 aromatic rings. The Morgan fingerprint density at radius 1 is 1.22 bits per heavy atom. The summed E-state index contributed by atoms with van der Waals surface area (Å²) in [5.41, 5.74) is 3.34. The van der Waals surface area contributed by atoms with Gasteiger partial charge in [0.15, 0.2) is 0 Å². The number of rotatable bonds is 1. The van der Waals surface area contributed by atoms with E-state index in [-0.39, 0.29) is 5.91 Å². The molecule has 0 saturated carbocycles. The summed E-state index contributed by atoms with van der Waals surface area (Å²) in [6.07, 6.45) is 2.52. The smallest absolute Gasteiger partial charge is 0.230 e. The number of fused-ring (bicyclic) bond motifs is 1. The van der Waals surface area contributed by atoms with Gasteiger partial charge in [0.2, 0.25) is 5.91 Å². The highest BCUT2D eigenvalue weighted by molar-refractivity contribution is 5.91. The van der Waals surface area contributed by atoms with Crippen LogP contribution in [0.3, 0.4) is 0 Å². The molecular formula is C15H20N2O. The second-order valence-electron chi connectivity index (χ2n) is 5.81. The van der Waals surface area contributed by atoms with Crippen molar-refractivity contribution in [3.8, 4) is 0 Å². The average Bonchev–Trinajstić information content (AvgIpc) is 2.87. The average molecular weight is 244 g/mol. The van der Waals surface area contributed by atoms with Crippen molar-refractivity contribution in [2.75, 3.05) is 18.0 Å². The number of nitrogens with zero attached hydrogens (tertiary/aromatic N) is 1. The van der Waals surface area contributed by atoms with Gasteiger partial charge < -0.3 is 10.2 Å². The second kappa shape index (κ2) is 4.01. The highest BCUT2D eigenvalue weighted by Gasteiger charge is 2.38. The summed E-state index contributed by atoms with van der Waals surface area (Å²) in [6.45, 7) is 6.96. The standard InChI is InChI=1S/C15H20N2O/c1-15(2)13-11(10-16-14(15)18)6-5-7-12(13)17-8-3-4-9-17/h5-7H,3-4,8-10H2,1-2H3,(H,16,18). The first-order valence-corrected chi connectivity index (χ1v) is 6.76. The van der Waals surface area contributed by atoms with Crippen LogP contribution in [0.1, 0.15) is 37.8 Å². The third kappa shape index (κ3) is 1.61. The molecule has 0 bridgehead atoms. The summed E-state index contributed by atoms with van der Waals surface area (Å²) < 4.78 is 0. The molecule has 1 aromatic carbocycles. The van der Waals surface area contributed by atoms with Crippen molar-refractivity contribution in [3.63, 3.8) is 0 Å². The minimum absolute atomic E-state index is 0.140. The summed E-state index contributed by atoms with van der Waals surface area (Å²) in [5, 5.41) is 2.99. The second-order valence-corrected chi connectivity index (χ2v) is 5.81. The summed E-state index contributed by atoms with van der Waals surface area (Å²) in [5.74, 6) is 0.140. The fourth-order valence-corrected chi connectivity index (χ4v) is 3.19. The third-order valence-electron chi connectivity index (χ3n) is 4.21. The van der Waals surface area contributed by atoms with Gasteiger partial charge in [-0.3, -0.25) is 4.79 Å². The minimum atomic E-state index is -0.424. The SMILES string of the molecule is CC1(C)C(=O)NCc2cccc(N3CCCC3)c21. The van der Waals surface area contributed by atoms with Crippen LogP contribution in [-0.4, -0.2) is 19.0 Å². The lowest BCUT2D eigenvalue weighted by Crippen LogP contribution is -2.45. The van der Waals surface area contributed by atoms with Crippen molar-refractivity contribution in [3.05, 3.63) is 29.3 Å². The number of anilines is 1. The van der Waals surface area contributed by atoms with Gasteiger partial charge in [-0.05, 0) is 43.9 Å². The maximum Gasteiger partial charge on any atom is 0.230 e. The van der Waals surface area contributed by atoms with E-state index in [1.807, 2.05) is 13.8 Å². The molecule has 0 radical (unpaired) electrons. The number of hydrogen-bond donors (Lipinski definition) is 1. The van der Waals surface area contributed by atoms with E-state index in [1.54, 1.807) is 0 Å². The van der Waals surface area contributed by atoms with Crippen LogP contribution in [0.4, 0.5) is 5.69 Å². The Kier molecular flexibility index (Phi) is 2.58. The number of carbonyl (C=O) groups is 1. The number of hydrogen-bond acceptors (Lipinski definition) is 2. The highest BCUT2D eigenvalue weighted by atomic mass is 16.2. The van der Waals surface area contributed by atoms with Crippen molar-refractivity contribution < 1.29 is 4.79 Å². The Morgan fingerprint density at radius 3 is 2.67 bits per heavy atom. The molecule has 0 atom stereocenters. The van der Waals surface area contributed by atoms with Gasteiger partial charge in [0.1, 0.15) is 0 Å². The molecule has 2 heterocycles. The van der Waals surface area contributed by atoms with Gasteiger partial charge in [-0.1, -0.05) is 12.1 Å². The first kappa shape index (κ1) is 11.6. The van der Waals surface area contributed by atoms with E-state index in [0.717, 1.165) is 13.1 Å². The van der Waals surface area contributed by atoms with Gasteiger partial charge in [0.25, 0.3) is 0 Å². The molecule has 2 aliphatic heterocycles. The van der Waals surface area contributed by atoms with Crippen LogP contribution < -0.4 is 10.2 Å². The van der Waals surface area contributed by atoms with E-state index in [4.69, 9.17) is 0 Å². The van der Waals surface area contributed by atoms with Gasteiger partial charge in [0, 0.05) is 25.3 Å². The molecular weight excluding hydrogens is 224 g/mol. The van der Waals surface area contributed by atoms with E-state index >= 15 is 0 Å². The maximum absolute atomic E-state index is 12.1. The number of amides is 1. The lowest BCUT2D eigenvalue weighted by atomic mass is 9.77. The fourth-order valence-electron chi connectivity index (χ4n) is 3.19. The van der Waals surface area contributed by atoms with Crippen LogP contribution in [0.5, 0.6) is 0 Å². The van der Waals surface area contributed by atoms with Crippen molar-refractivity contribution >= 4 is 11.6 Å². The Hall–Kier alpha value is -1.51. The maximum atomic E-state index is 12.1. The predicted molar refractivity (Wildman–Crippen MR) is 72.8 cm³/mol. The van der Waals surface area contributed by atoms with Crippen molar-refractivity contribution in [1.82, 2.24) is 5.32 Å². The van der Waals surface area contributed by atoms with Gasteiger partial charge in [-0.25, -0.2) is 0 Å². The lowest BCUT2D eigenvalue weighted by Gasteiger charge is -2.36. The Balaban J connectivity index is 2.14. The largest absolute Gasteiger partial charge is 0.371 e. The molecule has 0 aliphatic carbocycles. The zero-order valence-corrected chi connectivity index (χ0v) is 11.1. The topological polar surface area (TPSA) is 32.3 Å². The van der Waals surface area contributed by atoms with E-state index in [2.05, 4.69) is 28.4 Å². The molecule has 1 N–H and O–H groups in total. The third-order valence-corrected chi connectivity index (χ3v) is 4.21. The number of nitrogens with one attached hydrogen (secondary N) is 1. The van der Waals surface area contributed by atoms with Crippen LogP contribution in [0.15, 0.2) is 18.2 Å². The lowest BCUT2D eigenvalue weighted by molar-refractivity contribution is -0.126. The predicted octanol–water partition coefficient (Wildman–Crippen LogP) is 2.19. The van der Waals surface area contributed by atoms with Crippen LogP contribution in [0.25, 0.3) is 0 Å². The van der Waals surface area contributed by atoms with Crippen molar-refractivity contribution in [2.45, 2.75) is 38.6 Å². The first-order chi connectivity index (χ1) is 8.60. The van der Waals surface area contributed by atoms with Crippen molar-refractivity contribution in [1.29, 1.82) is 0 Å². The number of carbonyl (C=O) groups excluding carboxylic acids is 1. The Labute approximate surface area is 108 Å². The molecule has 3 rings (SSSR count). The van der Waals surface area contributed by atoms with Crippen LogP contribution in [0, 0.1) is 0 Å². The minimum Gasteiger partial charge on any atom is -0.371 e. The molecule has 1 amide bonds. The highest BCUT2D eigenvalue weighted by Crippen LogP contribution is 2.38. The molecule has 96 valence electrons. The molecule has 18 heavy (non-hydrogen) atoms. The monoisotopic (exact) mass is 244 g/mol. The normalized spacial score (nSPS) is 21.7. The van der Waals surface area contributed by atoms with E-state index in [0.29, 0.717) is 6.54 Å². The van der Waals surface area contributed by atoms with Gasteiger partial charge in [-0.2, -0.15) is 0 Å². The molecule has 0 aromatic heterocycles. The molecule has 3 nitrogen and oxygen atoms in total. The molecule has 1 saturated heterocycles. The Bertz CT molecular complexity index is 487. The molecule has 0 unspecified atom stereocenters. The van der Waals surface area contributed by atoms with Crippen LogP contribution >= 0.6 is 0 Å². The quantitative estimate of drug-likeness (QED) is 0.821. The fraction of sp³-hybridized carbons (Fsp3) is 0.533. The van der Waals surface area contributed by atoms with Gasteiger partial charge in [-0.15, -0.1) is 0 Å². The van der Waals surface area contributed by atoms with E-state index in [1.165, 1.54) is 29.7 Å². The summed E-state index contributed by atoms with van der Waals surface area (Å²) >= 11 is 0. The number of benzene rings is 1. The zero-order valence-electron chi connectivity index (χ0n) is 11.1. The molecule has 0 spiro atoms. The van der Waals surface area contributed by atoms with Crippen LogP contribution in [-0.2, 0) is 16.8 Å². The van der Waals surface area contributed by atoms with Gasteiger partial charge in [0.05, 0.1) is 5.41 Å². The molecule has 1 fully saturated rings. The summed E-state index contributed by atoms with van der Waals surface area (Å²) in [6, 6.07) is 6.42. The van der Waals surface area contributed by atoms with Crippen LogP contribution in [0.2, 0.25) is 0 Å².